The van der Waals surface area contributed by atoms with Crippen LogP contribution in [0.4, 0.5) is 0 Å². The standard InChI is InChI=1S/C20H39NO2/c1-3-4-5-6-7-8-9-10-11-12-13-14-15-16-20(23)21-18-17-19(2)22/h3-18H2,1-2H3,(H,21,23). The molecule has 0 aromatic heterocycles. The van der Waals surface area contributed by atoms with Crippen LogP contribution in [0.3, 0.4) is 0 Å². The van der Waals surface area contributed by atoms with Crippen molar-refractivity contribution in [3.8, 4) is 0 Å². The van der Waals surface area contributed by atoms with E-state index in [-0.39, 0.29) is 11.7 Å². The molecule has 0 aliphatic rings. The van der Waals surface area contributed by atoms with E-state index in [2.05, 4.69) is 12.2 Å². The van der Waals surface area contributed by atoms with Gasteiger partial charge in [0.15, 0.2) is 0 Å². The lowest BCUT2D eigenvalue weighted by atomic mass is 10.0. The molecule has 136 valence electrons. The molecule has 0 heterocycles. The molecular weight excluding hydrogens is 286 g/mol. The van der Waals surface area contributed by atoms with E-state index >= 15 is 0 Å². The van der Waals surface area contributed by atoms with Gasteiger partial charge in [-0.1, -0.05) is 84.0 Å². The first-order chi connectivity index (χ1) is 11.2. The number of carbonyl (C=O) groups excluding carboxylic acids is 2. The Hall–Kier alpha value is -0.860. The molecule has 0 aromatic rings. The maximum Gasteiger partial charge on any atom is 0.220 e. The number of Topliss-reactive ketones (excluding diaryl/α,β-unsaturated/α-hetero) is 1. The second-order valence-electron chi connectivity index (χ2n) is 6.79. The van der Waals surface area contributed by atoms with E-state index in [9.17, 15) is 9.59 Å². The van der Waals surface area contributed by atoms with Gasteiger partial charge in [-0.05, 0) is 13.3 Å². The summed E-state index contributed by atoms with van der Waals surface area (Å²) in [5.41, 5.74) is 0. The Balaban J connectivity index is 3.12. The van der Waals surface area contributed by atoms with Crippen molar-refractivity contribution in [3.63, 3.8) is 0 Å². The van der Waals surface area contributed by atoms with Crippen LogP contribution in [0.15, 0.2) is 0 Å². The maximum absolute atomic E-state index is 11.5. The van der Waals surface area contributed by atoms with Crippen molar-refractivity contribution in [1.82, 2.24) is 5.32 Å². The quantitative estimate of drug-likeness (QED) is 0.356. The summed E-state index contributed by atoms with van der Waals surface area (Å²) in [6, 6.07) is 0. The normalized spacial score (nSPS) is 10.7. The lowest BCUT2D eigenvalue weighted by Crippen LogP contribution is -2.25. The van der Waals surface area contributed by atoms with Gasteiger partial charge in [0.2, 0.25) is 5.91 Å². The smallest absolute Gasteiger partial charge is 0.220 e. The Morgan fingerprint density at radius 1 is 0.652 bits per heavy atom. The third kappa shape index (κ3) is 19.1. The van der Waals surface area contributed by atoms with E-state index in [0.29, 0.717) is 19.4 Å². The first kappa shape index (κ1) is 22.1. The van der Waals surface area contributed by atoms with E-state index < -0.39 is 0 Å². The van der Waals surface area contributed by atoms with Crippen LogP contribution in [0.2, 0.25) is 0 Å². The number of hydrogen-bond acceptors (Lipinski definition) is 2. The van der Waals surface area contributed by atoms with Crippen LogP contribution < -0.4 is 5.32 Å². The number of carbonyl (C=O) groups is 2. The Bertz CT molecular complexity index is 289. The summed E-state index contributed by atoms with van der Waals surface area (Å²) >= 11 is 0. The molecule has 3 nitrogen and oxygen atoms in total. The Morgan fingerprint density at radius 3 is 1.52 bits per heavy atom. The Morgan fingerprint density at radius 2 is 1.09 bits per heavy atom. The fourth-order valence-corrected chi connectivity index (χ4v) is 2.77. The summed E-state index contributed by atoms with van der Waals surface area (Å²) in [6.45, 7) is 4.31. The number of amides is 1. The zero-order valence-electron chi connectivity index (χ0n) is 15.6. The number of ketones is 1. The van der Waals surface area contributed by atoms with Gasteiger partial charge in [0, 0.05) is 19.4 Å². The summed E-state index contributed by atoms with van der Waals surface area (Å²) < 4.78 is 0. The van der Waals surface area contributed by atoms with Crippen molar-refractivity contribution in [2.24, 2.45) is 0 Å². The maximum atomic E-state index is 11.5. The fraction of sp³-hybridized carbons (Fsp3) is 0.900. The highest BCUT2D eigenvalue weighted by atomic mass is 16.1. The molecule has 0 unspecified atom stereocenters. The molecule has 3 heteroatoms. The zero-order valence-corrected chi connectivity index (χ0v) is 15.6. The van der Waals surface area contributed by atoms with Gasteiger partial charge in [-0.15, -0.1) is 0 Å². The minimum absolute atomic E-state index is 0.0920. The molecule has 0 rings (SSSR count). The minimum Gasteiger partial charge on any atom is -0.356 e. The highest BCUT2D eigenvalue weighted by Crippen LogP contribution is 2.12. The van der Waals surface area contributed by atoms with E-state index in [1.807, 2.05) is 0 Å². The van der Waals surface area contributed by atoms with Crippen molar-refractivity contribution in [1.29, 1.82) is 0 Å². The molecule has 23 heavy (non-hydrogen) atoms. The van der Waals surface area contributed by atoms with Crippen molar-refractivity contribution < 1.29 is 9.59 Å². The lowest BCUT2D eigenvalue weighted by molar-refractivity contribution is -0.121. The molecule has 0 saturated carbocycles. The molecule has 0 aromatic carbocycles. The zero-order chi connectivity index (χ0) is 17.2. The third-order valence-corrected chi connectivity index (χ3v) is 4.31. The molecule has 0 aliphatic heterocycles. The third-order valence-electron chi connectivity index (χ3n) is 4.31. The van der Waals surface area contributed by atoms with E-state index in [4.69, 9.17) is 0 Å². The second kappa shape index (κ2) is 17.5. The summed E-state index contributed by atoms with van der Waals surface area (Å²) in [5, 5.41) is 2.80. The topological polar surface area (TPSA) is 46.2 Å². The van der Waals surface area contributed by atoms with Crippen molar-refractivity contribution in [3.05, 3.63) is 0 Å². The van der Waals surface area contributed by atoms with Gasteiger partial charge in [0.1, 0.15) is 5.78 Å². The molecule has 0 saturated heterocycles. The highest BCUT2D eigenvalue weighted by molar-refractivity contribution is 5.78. The largest absolute Gasteiger partial charge is 0.356 e. The Labute approximate surface area is 144 Å². The highest BCUT2D eigenvalue weighted by Gasteiger charge is 2.01. The first-order valence-corrected chi connectivity index (χ1v) is 9.93. The van der Waals surface area contributed by atoms with Crippen LogP contribution in [-0.4, -0.2) is 18.2 Å². The van der Waals surface area contributed by atoms with Gasteiger partial charge in [-0.3, -0.25) is 9.59 Å². The van der Waals surface area contributed by atoms with Gasteiger partial charge >= 0.3 is 0 Å². The number of rotatable bonds is 17. The monoisotopic (exact) mass is 325 g/mol. The molecule has 1 N–H and O–H groups in total. The van der Waals surface area contributed by atoms with Crippen LogP contribution in [0, 0.1) is 0 Å². The van der Waals surface area contributed by atoms with Crippen molar-refractivity contribution >= 4 is 11.7 Å². The molecular formula is C20H39NO2. The Kier molecular flexibility index (Phi) is 16.8. The van der Waals surface area contributed by atoms with Gasteiger partial charge in [-0.25, -0.2) is 0 Å². The van der Waals surface area contributed by atoms with E-state index in [1.165, 1.54) is 70.6 Å². The average Bonchev–Trinajstić information content (AvgIpc) is 2.51. The lowest BCUT2D eigenvalue weighted by Gasteiger charge is -2.04. The van der Waals surface area contributed by atoms with E-state index in [1.54, 1.807) is 6.92 Å². The molecule has 0 bridgehead atoms. The van der Waals surface area contributed by atoms with Crippen LogP contribution >= 0.6 is 0 Å². The van der Waals surface area contributed by atoms with E-state index in [0.717, 1.165) is 12.8 Å². The minimum atomic E-state index is 0.0920. The predicted molar refractivity (Wildman–Crippen MR) is 98.6 cm³/mol. The number of hydrogen-bond donors (Lipinski definition) is 1. The number of nitrogens with one attached hydrogen (secondary N) is 1. The predicted octanol–water partition coefficient (Wildman–Crippen LogP) is 5.56. The SMILES string of the molecule is CCCCCCCCCCCCCCCC(=O)NCCC(C)=O. The summed E-state index contributed by atoms with van der Waals surface area (Å²) in [4.78, 5) is 22.3. The summed E-state index contributed by atoms with van der Waals surface area (Å²) in [7, 11) is 0. The summed E-state index contributed by atoms with van der Waals surface area (Å²) in [6.07, 6.45) is 18.2. The van der Waals surface area contributed by atoms with Gasteiger partial charge < -0.3 is 5.32 Å². The van der Waals surface area contributed by atoms with Crippen LogP contribution in [0.1, 0.15) is 110 Å². The van der Waals surface area contributed by atoms with Gasteiger partial charge in [0.05, 0.1) is 0 Å². The first-order valence-electron chi connectivity index (χ1n) is 9.93. The molecule has 1 amide bonds. The second-order valence-corrected chi connectivity index (χ2v) is 6.79. The number of unbranched alkanes of at least 4 members (excludes halogenated alkanes) is 12. The average molecular weight is 326 g/mol. The molecule has 0 atom stereocenters. The van der Waals surface area contributed by atoms with Crippen molar-refractivity contribution in [2.45, 2.75) is 110 Å². The summed E-state index contributed by atoms with van der Waals surface area (Å²) in [5.74, 6) is 0.223. The van der Waals surface area contributed by atoms with Crippen molar-refractivity contribution in [2.75, 3.05) is 6.54 Å². The molecule has 0 spiro atoms. The van der Waals surface area contributed by atoms with Gasteiger partial charge in [0.25, 0.3) is 0 Å². The fourth-order valence-electron chi connectivity index (χ4n) is 2.77. The molecule has 0 aliphatic carbocycles. The van der Waals surface area contributed by atoms with Crippen LogP contribution in [0.25, 0.3) is 0 Å². The van der Waals surface area contributed by atoms with Crippen LogP contribution in [-0.2, 0) is 9.59 Å². The van der Waals surface area contributed by atoms with Crippen LogP contribution in [0.5, 0.6) is 0 Å². The van der Waals surface area contributed by atoms with Gasteiger partial charge in [-0.2, -0.15) is 0 Å². The molecule has 0 radical (unpaired) electrons. The molecule has 0 fully saturated rings.